The Morgan fingerprint density at radius 2 is 1.54 bits per heavy atom. The van der Waals surface area contributed by atoms with E-state index in [0.717, 1.165) is 21.9 Å². The second-order valence-electron chi connectivity index (χ2n) is 9.04. The number of hydrogen-bond donors (Lipinski definition) is 1. The van der Waals surface area contributed by atoms with Gasteiger partial charge in [0.2, 0.25) is 11.8 Å². The van der Waals surface area contributed by atoms with E-state index in [2.05, 4.69) is 5.32 Å². The fraction of sp³-hybridized carbons (Fsp3) is 0.286. The zero-order valence-corrected chi connectivity index (χ0v) is 24.9. The Morgan fingerprint density at radius 3 is 2.15 bits per heavy atom. The second kappa shape index (κ2) is 13.5. The molecule has 0 saturated carbocycles. The molecule has 0 saturated heterocycles. The Balaban J connectivity index is 2.05. The van der Waals surface area contributed by atoms with Crippen molar-refractivity contribution in [1.82, 2.24) is 10.2 Å². The average Bonchev–Trinajstić information content (AvgIpc) is 2.91. The van der Waals surface area contributed by atoms with Crippen molar-refractivity contribution in [2.45, 2.75) is 44.7 Å². The summed E-state index contributed by atoms with van der Waals surface area (Å²) in [6.07, 6.45) is 0.722. The van der Waals surface area contributed by atoms with Gasteiger partial charge in [0, 0.05) is 23.1 Å². The monoisotopic (exact) mass is 609 g/mol. The Morgan fingerprint density at radius 1 is 0.923 bits per heavy atom. The zero-order valence-electron chi connectivity index (χ0n) is 21.8. The van der Waals surface area contributed by atoms with Gasteiger partial charge in [0.25, 0.3) is 10.0 Å². The van der Waals surface area contributed by atoms with E-state index in [1.807, 2.05) is 13.8 Å². The molecule has 0 radical (unpaired) electrons. The third-order valence-electron chi connectivity index (χ3n) is 6.05. The van der Waals surface area contributed by atoms with Crippen LogP contribution in [0, 0.1) is 6.92 Å². The molecule has 0 aliphatic heterocycles. The lowest BCUT2D eigenvalue weighted by Crippen LogP contribution is -2.51. The van der Waals surface area contributed by atoms with Gasteiger partial charge in [-0.05, 0) is 68.3 Å². The van der Waals surface area contributed by atoms with Crippen molar-refractivity contribution >= 4 is 62.3 Å². The Bertz CT molecular complexity index is 1410. The van der Waals surface area contributed by atoms with Gasteiger partial charge in [0.1, 0.15) is 12.6 Å². The lowest BCUT2D eigenvalue weighted by atomic mass is 10.1. The fourth-order valence-electron chi connectivity index (χ4n) is 3.79. The highest BCUT2D eigenvalue weighted by Gasteiger charge is 2.33. The molecule has 39 heavy (non-hydrogen) atoms. The van der Waals surface area contributed by atoms with Crippen molar-refractivity contribution < 1.29 is 18.0 Å². The molecule has 1 atom stereocenters. The maximum atomic E-state index is 13.9. The summed E-state index contributed by atoms with van der Waals surface area (Å²) in [7, 11) is -4.25. The molecular formula is C28H30Cl3N3O4S. The van der Waals surface area contributed by atoms with Crippen molar-refractivity contribution in [3.63, 3.8) is 0 Å². The Kier molecular flexibility index (Phi) is 10.7. The summed E-state index contributed by atoms with van der Waals surface area (Å²) in [4.78, 5) is 28.1. The standard InChI is InChI=1S/C28H30Cl3N3O4S/c1-4-15-32-28(36)20(3)33(17-21-7-9-22(29)10-8-21)27(35)18-34(26-16-23(30)11-14-25(26)31)39(37,38)24-12-5-19(2)6-13-24/h5-14,16,20H,4,15,17-18H2,1-3H3,(H,32,36)/t20-/m1/s1. The lowest BCUT2D eigenvalue weighted by Gasteiger charge is -2.32. The van der Waals surface area contributed by atoms with Crippen molar-refractivity contribution in [3.05, 3.63) is 92.9 Å². The first-order valence-electron chi connectivity index (χ1n) is 12.3. The van der Waals surface area contributed by atoms with E-state index in [1.54, 1.807) is 43.3 Å². The molecule has 0 bridgehead atoms. The minimum atomic E-state index is -4.25. The maximum Gasteiger partial charge on any atom is 0.264 e. The van der Waals surface area contributed by atoms with Crippen LogP contribution in [0.1, 0.15) is 31.4 Å². The van der Waals surface area contributed by atoms with Crippen LogP contribution in [-0.4, -0.2) is 44.3 Å². The topological polar surface area (TPSA) is 86.8 Å². The first-order valence-corrected chi connectivity index (χ1v) is 14.9. The molecule has 0 aliphatic rings. The lowest BCUT2D eigenvalue weighted by molar-refractivity contribution is -0.139. The molecule has 2 amide bonds. The average molecular weight is 611 g/mol. The summed E-state index contributed by atoms with van der Waals surface area (Å²) in [5, 5.41) is 3.67. The van der Waals surface area contributed by atoms with Gasteiger partial charge in [-0.2, -0.15) is 0 Å². The number of carbonyl (C=O) groups excluding carboxylic acids is 2. The van der Waals surface area contributed by atoms with Gasteiger partial charge >= 0.3 is 0 Å². The van der Waals surface area contributed by atoms with Crippen LogP contribution < -0.4 is 9.62 Å². The predicted octanol–water partition coefficient (Wildman–Crippen LogP) is 6.09. The maximum absolute atomic E-state index is 13.9. The number of rotatable bonds is 11. The van der Waals surface area contributed by atoms with E-state index in [9.17, 15) is 18.0 Å². The molecule has 208 valence electrons. The summed E-state index contributed by atoms with van der Waals surface area (Å²) in [6.45, 7) is 5.24. The van der Waals surface area contributed by atoms with Crippen LogP contribution in [0.15, 0.2) is 71.6 Å². The van der Waals surface area contributed by atoms with Crippen LogP contribution in [0.2, 0.25) is 15.1 Å². The number of carbonyl (C=O) groups is 2. The SMILES string of the molecule is CCCNC(=O)[C@@H](C)N(Cc1ccc(Cl)cc1)C(=O)CN(c1cc(Cl)ccc1Cl)S(=O)(=O)c1ccc(C)cc1. The van der Waals surface area contributed by atoms with Gasteiger partial charge in [-0.25, -0.2) is 8.42 Å². The van der Waals surface area contributed by atoms with E-state index in [-0.39, 0.29) is 33.1 Å². The molecule has 0 aliphatic carbocycles. The van der Waals surface area contributed by atoms with E-state index in [1.165, 1.54) is 35.2 Å². The van der Waals surface area contributed by atoms with Crippen LogP contribution in [-0.2, 0) is 26.2 Å². The number of hydrogen-bond acceptors (Lipinski definition) is 4. The molecule has 3 aromatic carbocycles. The summed E-state index contributed by atoms with van der Waals surface area (Å²) in [6, 6.07) is 16.6. The second-order valence-corrected chi connectivity index (χ2v) is 12.2. The summed E-state index contributed by atoms with van der Waals surface area (Å²) < 4.78 is 28.7. The van der Waals surface area contributed by atoms with Gasteiger partial charge in [0.15, 0.2) is 0 Å². The van der Waals surface area contributed by atoms with E-state index >= 15 is 0 Å². The Hall–Kier alpha value is -2.78. The van der Waals surface area contributed by atoms with Crippen molar-refractivity contribution in [2.75, 3.05) is 17.4 Å². The van der Waals surface area contributed by atoms with Crippen molar-refractivity contribution in [3.8, 4) is 0 Å². The highest BCUT2D eigenvalue weighted by Crippen LogP contribution is 2.33. The number of aryl methyl sites for hydroxylation is 1. The van der Waals surface area contributed by atoms with Crippen molar-refractivity contribution in [2.24, 2.45) is 0 Å². The smallest absolute Gasteiger partial charge is 0.264 e. The molecule has 0 fully saturated rings. The number of nitrogens with one attached hydrogen (secondary N) is 1. The van der Waals surface area contributed by atoms with Crippen LogP contribution in [0.4, 0.5) is 5.69 Å². The molecule has 3 rings (SSSR count). The zero-order chi connectivity index (χ0) is 28.7. The number of halogens is 3. The third kappa shape index (κ3) is 7.88. The van der Waals surface area contributed by atoms with Crippen LogP contribution in [0.5, 0.6) is 0 Å². The molecular weight excluding hydrogens is 581 g/mol. The summed E-state index contributed by atoms with van der Waals surface area (Å²) in [5.41, 5.74) is 1.64. The molecule has 11 heteroatoms. The largest absolute Gasteiger partial charge is 0.354 e. The highest BCUT2D eigenvalue weighted by molar-refractivity contribution is 7.92. The van der Waals surface area contributed by atoms with Gasteiger partial charge in [-0.1, -0.05) is 71.6 Å². The fourth-order valence-corrected chi connectivity index (χ4v) is 5.78. The van der Waals surface area contributed by atoms with Crippen LogP contribution in [0.25, 0.3) is 0 Å². The van der Waals surface area contributed by atoms with Crippen LogP contribution >= 0.6 is 34.8 Å². The number of anilines is 1. The normalized spacial score (nSPS) is 12.1. The molecule has 0 heterocycles. The van der Waals surface area contributed by atoms with Crippen LogP contribution in [0.3, 0.4) is 0 Å². The molecule has 0 aromatic heterocycles. The van der Waals surface area contributed by atoms with Gasteiger partial charge in [-0.3, -0.25) is 13.9 Å². The van der Waals surface area contributed by atoms with Gasteiger partial charge in [0.05, 0.1) is 15.6 Å². The van der Waals surface area contributed by atoms with Crippen molar-refractivity contribution in [1.29, 1.82) is 0 Å². The number of sulfonamides is 1. The van der Waals surface area contributed by atoms with E-state index in [0.29, 0.717) is 11.6 Å². The first-order chi connectivity index (χ1) is 18.4. The molecule has 0 unspecified atom stereocenters. The predicted molar refractivity (Wildman–Crippen MR) is 157 cm³/mol. The number of amides is 2. The van der Waals surface area contributed by atoms with E-state index < -0.39 is 28.5 Å². The quantitative estimate of drug-likeness (QED) is 0.285. The minimum Gasteiger partial charge on any atom is -0.354 e. The first kappa shape index (κ1) is 30.8. The molecule has 1 N–H and O–H groups in total. The van der Waals surface area contributed by atoms with Gasteiger partial charge in [-0.15, -0.1) is 0 Å². The number of nitrogens with zero attached hydrogens (tertiary/aromatic N) is 2. The molecule has 0 spiro atoms. The highest BCUT2D eigenvalue weighted by atomic mass is 35.5. The summed E-state index contributed by atoms with van der Waals surface area (Å²) in [5.74, 6) is -0.955. The van der Waals surface area contributed by atoms with Gasteiger partial charge < -0.3 is 10.2 Å². The summed E-state index contributed by atoms with van der Waals surface area (Å²) >= 11 is 18.6. The molecule has 3 aromatic rings. The third-order valence-corrected chi connectivity index (χ3v) is 8.63. The number of benzene rings is 3. The Labute approximate surface area is 244 Å². The minimum absolute atomic E-state index is 0.0186. The molecule has 7 nitrogen and oxygen atoms in total. The van der Waals surface area contributed by atoms with E-state index in [4.69, 9.17) is 34.8 Å².